The molecule has 0 aliphatic carbocycles. The molecule has 0 fully saturated rings. The van der Waals surface area contributed by atoms with Crippen molar-refractivity contribution in [1.29, 1.82) is 0 Å². The molecule has 0 spiro atoms. The fraction of sp³-hybridized carbons (Fsp3) is 0.579. The molecule has 0 bridgehead atoms. The fourth-order valence-electron chi connectivity index (χ4n) is 1.70. The van der Waals surface area contributed by atoms with Gasteiger partial charge in [0, 0.05) is 11.2 Å². The van der Waals surface area contributed by atoms with Gasteiger partial charge in [-0.25, -0.2) is 0 Å². The molecule has 4 nitrogen and oxygen atoms in total. The zero-order valence-corrected chi connectivity index (χ0v) is 16.3. The van der Waals surface area contributed by atoms with Crippen LogP contribution >= 0.6 is 11.8 Å². The van der Waals surface area contributed by atoms with Crippen molar-refractivity contribution in [2.45, 2.75) is 46.9 Å². The molecule has 5 heteroatoms. The van der Waals surface area contributed by atoms with Crippen LogP contribution < -0.4 is 5.32 Å². The van der Waals surface area contributed by atoms with Crippen LogP contribution in [-0.2, 0) is 14.3 Å². The second kappa shape index (κ2) is 8.56. The summed E-state index contributed by atoms with van der Waals surface area (Å²) in [6.07, 6.45) is 0. The molecule has 0 aromatic heterocycles. The highest BCUT2D eigenvalue weighted by Crippen LogP contribution is 2.28. The predicted molar refractivity (Wildman–Crippen MR) is 99.7 cm³/mol. The molecular formula is C19H29NO3S. The second-order valence-corrected chi connectivity index (χ2v) is 8.98. The van der Waals surface area contributed by atoms with E-state index < -0.39 is 10.8 Å². The maximum atomic E-state index is 12.3. The summed E-state index contributed by atoms with van der Waals surface area (Å²) in [7, 11) is 0. The van der Waals surface area contributed by atoms with Gasteiger partial charge in [-0.15, -0.1) is 11.8 Å². The maximum Gasteiger partial charge on any atom is 0.311 e. The molecule has 24 heavy (non-hydrogen) atoms. The van der Waals surface area contributed by atoms with E-state index in [9.17, 15) is 9.59 Å². The Labute approximate surface area is 149 Å². The Bertz CT molecular complexity index is 544. The number of esters is 1. The summed E-state index contributed by atoms with van der Waals surface area (Å²) in [4.78, 5) is 24.1. The number of nitrogens with one attached hydrogen (secondary N) is 1. The number of thioether (sulfide) groups is 1. The molecular weight excluding hydrogens is 322 g/mol. The Morgan fingerprint density at radius 3 is 2.12 bits per heavy atom. The van der Waals surface area contributed by atoms with Crippen molar-refractivity contribution in [2.24, 2.45) is 10.8 Å². The summed E-state index contributed by atoms with van der Waals surface area (Å²) in [5, 5.41) is 2.91. The number of rotatable bonds is 6. The van der Waals surface area contributed by atoms with Crippen molar-refractivity contribution in [3.05, 3.63) is 35.9 Å². The van der Waals surface area contributed by atoms with Gasteiger partial charge >= 0.3 is 5.97 Å². The van der Waals surface area contributed by atoms with E-state index in [1.807, 2.05) is 71.9 Å². The van der Waals surface area contributed by atoms with Gasteiger partial charge in [-0.3, -0.25) is 9.59 Å². The van der Waals surface area contributed by atoms with E-state index in [1.54, 1.807) is 11.8 Å². The third-order valence-corrected chi connectivity index (χ3v) is 4.38. The first-order valence-corrected chi connectivity index (χ1v) is 9.21. The molecule has 1 unspecified atom stereocenters. The number of carbonyl (C=O) groups is 2. The molecule has 0 radical (unpaired) electrons. The van der Waals surface area contributed by atoms with Crippen LogP contribution in [0.1, 0.15) is 52.5 Å². The molecule has 1 aromatic rings. The van der Waals surface area contributed by atoms with E-state index in [2.05, 4.69) is 5.32 Å². The first kappa shape index (κ1) is 20.6. The zero-order valence-electron chi connectivity index (χ0n) is 15.5. The molecule has 0 saturated carbocycles. The lowest BCUT2D eigenvalue weighted by atomic mass is 9.95. The van der Waals surface area contributed by atoms with Crippen LogP contribution in [0.3, 0.4) is 0 Å². The smallest absolute Gasteiger partial charge is 0.311 e. The lowest BCUT2D eigenvalue weighted by molar-refractivity contribution is -0.152. The minimum atomic E-state index is -0.496. The van der Waals surface area contributed by atoms with Crippen molar-refractivity contribution in [2.75, 3.05) is 12.4 Å². The minimum Gasteiger partial charge on any atom is -0.464 e. The van der Waals surface area contributed by atoms with Gasteiger partial charge in [-0.05, 0) is 26.3 Å². The highest BCUT2D eigenvalue weighted by atomic mass is 32.2. The monoisotopic (exact) mass is 351 g/mol. The van der Waals surface area contributed by atoms with Gasteiger partial charge in [-0.1, -0.05) is 51.1 Å². The molecule has 0 aliphatic heterocycles. The molecule has 1 atom stereocenters. The molecule has 0 heterocycles. The van der Waals surface area contributed by atoms with Gasteiger partial charge in [-0.2, -0.15) is 0 Å². The van der Waals surface area contributed by atoms with Gasteiger partial charge in [0.15, 0.2) is 0 Å². The number of ether oxygens (including phenoxy) is 1. The number of benzene rings is 1. The van der Waals surface area contributed by atoms with Gasteiger partial charge in [0.25, 0.3) is 0 Å². The van der Waals surface area contributed by atoms with Crippen molar-refractivity contribution in [3.8, 4) is 0 Å². The molecule has 1 rings (SSSR count). The molecule has 1 amide bonds. The second-order valence-electron chi connectivity index (χ2n) is 7.77. The number of hydrogen-bond acceptors (Lipinski definition) is 4. The molecule has 1 N–H and O–H groups in total. The minimum absolute atomic E-state index is 0.00413. The summed E-state index contributed by atoms with van der Waals surface area (Å²) >= 11 is 1.56. The highest BCUT2D eigenvalue weighted by Gasteiger charge is 2.26. The summed E-state index contributed by atoms with van der Waals surface area (Å²) in [5.74, 6) is 0.403. The SMILES string of the molecule is CC(C)(C)C(=O)NC(SCCOC(=O)C(C)(C)C)c1ccccc1. The van der Waals surface area contributed by atoms with E-state index in [1.165, 1.54) is 0 Å². The van der Waals surface area contributed by atoms with E-state index in [-0.39, 0.29) is 17.3 Å². The summed E-state index contributed by atoms with van der Waals surface area (Å²) < 4.78 is 5.29. The molecule has 0 saturated heterocycles. The van der Waals surface area contributed by atoms with Crippen LogP contribution in [0, 0.1) is 10.8 Å². The average molecular weight is 352 g/mol. The third kappa shape index (κ3) is 6.95. The topological polar surface area (TPSA) is 55.4 Å². The van der Waals surface area contributed by atoms with Crippen LogP contribution in [0.2, 0.25) is 0 Å². The van der Waals surface area contributed by atoms with Crippen molar-refractivity contribution in [1.82, 2.24) is 5.32 Å². The van der Waals surface area contributed by atoms with Crippen molar-refractivity contribution < 1.29 is 14.3 Å². The van der Waals surface area contributed by atoms with Gasteiger partial charge in [0.1, 0.15) is 12.0 Å². The average Bonchev–Trinajstić information content (AvgIpc) is 2.48. The largest absolute Gasteiger partial charge is 0.464 e. The van der Waals surface area contributed by atoms with Gasteiger partial charge in [0.05, 0.1) is 5.41 Å². The van der Waals surface area contributed by atoms with E-state index >= 15 is 0 Å². The van der Waals surface area contributed by atoms with Crippen LogP contribution in [0.4, 0.5) is 0 Å². The molecule has 134 valence electrons. The molecule has 1 aromatic carbocycles. The third-order valence-electron chi connectivity index (χ3n) is 3.26. The lowest BCUT2D eigenvalue weighted by Crippen LogP contribution is -2.36. The standard InChI is InChI=1S/C19H29NO3S/c1-18(2,3)16(21)20-15(14-10-8-7-9-11-14)24-13-12-23-17(22)19(4,5)6/h7-11,15H,12-13H2,1-6H3,(H,20,21). The predicted octanol–water partition coefficient (Wildman–Crippen LogP) is 4.17. The molecule has 0 aliphatic rings. The number of carbonyl (C=O) groups excluding carboxylic acids is 2. The van der Waals surface area contributed by atoms with Crippen LogP contribution in [0.5, 0.6) is 0 Å². The summed E-state index contributed by atoms with van der Waals surface area (Å²) in [6, 6.07) is 9.82. The number of amides is 1. The van der Waals surface area contributed by atoms with Gasteiger partial charge in [0.2, 0.25) is 5.91 Å². The highest BCUT2D eigenvalue weighted by molar-refractivity contribution is 7.99. The Balaban J connectivity index is 2.64. The Hall–Kier alpha value is -1.49. The van der Waals surface area contributed by atoms with Crippen LogP contribution in [0.25, 0.3) is 0 Å². The van der Waals surface area contributed by atoms with E-state index in [0.29, 0.717) is 12.4 Å². The Morgan fingerprint density at radius 1 is 1.04 bits per heavy atom. The first-order chi connectivity index (χ1) is 11.0. The normalized spacial score (nSPS) is 13.2. The fourth-order valence-corrected chi connectivity index (χ4v) is 2.66. The summed E-state index contributed by atoms with van der Waals surface area (Å²) in [5.41, 5.74) is 0.0817. The van der Waals surface area contributed by atoms with Crippen molar-refractivity contribution in [3.63, 3.8) is 0 Å². The van der Waals surface area contributed by atoms with E-state index in [4.69, 9.17) is 4.74 Å². The quantitative estimate of drug-likeness (QED) is 0.475. The van der Waals surface area contributed by atoms with Crippen LogP contribution in [-0.4, -0.2) is 24.2 Å². The van der Waals surface area contributed by atoms with Gasteiger partial charge < -0.3 is 10.1 Å². The zero-order chi connectivity index (χ0) is 18.4. The first-order valence-electron chi connectivity index (χ1n) is 8.16. The maximum absolute atomic E-state index is 12.3. The van der Waals surface area contributed by atoms with E-state index in [0.717, 1.165) is 5.56 Å². The lowest BCUT2D eigenvalue weighted by Gasteiger charge is -2.24. The Morgan fingerprint density at radius 2 is 1.62 bits per heavy atom. The summed E-state index contributed by atoms with van der Waals surface area (Å²) in [6.45, 7) is 11.5. The van der Waals surface area contributed by atoms with Crippen LogP contribution in [0.15, 0.2) is 30.3 Å². The van der Waals surface area contributed by atoms with Crippen molar-refractivity contribution >= 4 is 23.6 Å². The number of hydrogen-bond donors (Lipinski definition) is 1. The Kier molecular flexibility index (Phi) is 7.33.